The topological polar surface area (TPSA) is 62.0 Å². The highest BCUT2D eigenvalue weighted by atomic mass is 16.5. The Morgan fingerprint density at radius 3 is 2.70 bits per heavy atom. The number of hydrogen-bond acceptors (Lipinski definition) is 5. The fourth-order valence-electron chi connectivity index (χ4n) is 3.31. The van der Waals surface area contributed by atoms with Gasteiger partial charge in [-0.15, -0.1) is 0 Å². The standard InChI is InChI=1S/C15H31N3O2/c1-2-15(19,13-16)5-3-6-17-7-4-14(12-17)18-8-10-20-11-9-18/h14,19H,2-13,16H2,1H3. The van der Waals surface area contributed by atoms with E-state index in [2.05, 4.69) is 9.80 Å². The zero-order valence-electron chi connectivity index (χ0n) is 12.9. The van der Waals surface area contributed by atoms with E-state index in [1.54, 1.807) is 0 Å². The largest absolute Gasteiger partial charge is 0.389 e. The molecule has 5 heteroatoms. The molecule has 0 radical (unpaired) electrons. The molecule has 0 spiro atoms. The number of likely N-dealkylation sites (tertiary alicyclic amines) is 1. The molecule has 5 nitrogen and oxygen atoms in total. The predicted molar refractivity (Wildman–Crippen MR) is 80.8 cm³/mol. The number of nitrogens with two attached hydrogens (primary N) is 1. The van der Waals surface area contributed by atoms with E-state index in [9.17, 15) is 5.11 Å². The van der Waals surface area contributed by atoms with Gasteiger partial charge in [-0.25, -0.2) is 0 Å². The first kappa shape index (κ1) is 16.2. The molecule has 0 bridgehead atoms. The fraction of sp³-hybridized carbons (Fsp3) is 1.00. The van der Waals surface area contributed by atoms with Crippen molar-refractivity contribution in [3.63, 3.8) is 0 Å². The zero-order chi connectivity index (χ0) is 14.4. The lowest BCUT2D eigenvalue weighted by atomic mass is 9.95. The molecule has 2 aliphatic rings. The Hall–Kier alpha value is -0.200. The highest BCUT2D eigenvalue weighted by molar-refractivity contribution is 4.85. The van der Waals surface area contributed by atoms with Crippen LogP contribution in [0.1, 0.15) is 32.6 Å². The molecule has 0 aromatic carbocycles. The maximum Gasteiger partial charge on any atom is 0.0767 e. The van der Waals surface area contributed by atoms with Crippen LogP contribution in [0.2, 0.25) is 0 Å². The number of hydrogen-bond donors (Lipinski definition) is 2. The lowest BCUT2D eigenvalue weighted by molar-refractivity contribution is 0.0176. The first-order valence-corrected chi connectivity index (χ1v) is 8.13. The smallest absolute Gasteiger partial charge is 0.0767 e. The Labute approximate surface area is 123 Å². The number of aliphatic hydroxyl groups is 1. The van der Waals surface area contributed by atoms with Crippen molar-refractivity contribution in [3.8, 4) is 0 Å². The monoisotopic (exact) mass is 285 g/mol. The predicted octanol–water partition coefficient (Wildman–Crippen LogP) is 0.273. The molecule has 2 fully saturated rings. The molecule has 0 aliphatic carbocycles. The normalized spacial score (nSPS) is 28.6. The molecule has 118 valence electrons. The minimum absolute atomic E-state index is 0.375. The third-order valence-electron chi connectivity index (χ3n) is 4.96. The van der Waals surface area contributed by atoms with E-state index in [4.69, 9.17) is 10.5 Å². The highest BCUT2D eigenvalue weighted by Gasteiger charge is 2.29. The van der Waals surface area contributed by atoms with E-state index in [-0.39, 0.29) is 0 Å². The molecule has 0 saturated carbocycles. The van der Waals surface area contributed by atoms with Gasteiger partial charge in [0.2, 0.25) is 0 Å². The molecule has 2 unspecified atom stereocenters. The molecule has 2 heterocycles. The second-order valence-corrected chi connectivity index (χ2v) is 6.28. The molecule has 20 heavy (non-hydrogen) atoms. The van der Waals surface area contributed by atoms with Crippen molar-refractivity contribution in [2.45, 2.75) is 44.2 Å². The maximum atomic E-state index is 10.2. The van der Waals surface area contributed by atoms with Crippen LogP contribution >= 0.6 is 0 Å². The Bertz CT molecular complexity index is 278. The van der Waals surface area contributed by atoms with Crippen molar-refractivity contribution in [3.05, 3.63) is 0 Å². The summed E-state index contributed by atoms with van der Waals surface area (Å²) in [4.78, 5) is 5.11. The fourth-order valence-corrected chi connectivity index (χ4v) is 3.31. The number of morpholine rings is 1. The van der Waals surface area contributed by atoms with Crippen molar-refractivity contribution >= 4 is 0 Å². The summed E-state index contributed by atoms with van der Waals surface area (Å²) in [6.45, 7) is 9.78. The molecule has 0 aromatic rings. The minimum Gasteiger partial charge on any atom is -0.389 e. The van der Waals surface area contributed by atoms with E-state index in [0.717, 1.165) is 52.1 Å². The van der Waals surface area contributed by atoms with Crippen LogP contribution in [-0.4, -0.2) is 79.0 Å². The van der Waals surface area contributed by atoms with Crippen LogP contribution in [0.25, 0.3) is 0 Å². The van der Waals surface area contributed by atoms with Gasteiger partial charge >= 0.3 is 0 Å². The maximum absolute atomic E-state index is 10.2. The summed E-state index contributed by atoms with van der Waals surface area (Å²) in [6, 6.07) is 0.707. The van der Waals surface area contributed by atoms with Gasteiger partial charge in [0.25, 0.3) is 0 Å². The third-order valence-corrected chi connectivity index (χ3v) is 4.96. The van der Waals surface area contributed by atoms with Crippen LogP contribution in [0.3, 0.4) is 0 Å². The van der Waals surface area contributed by atoms with Gasteiger partial charge in [-0.2, -0.15) is 0 Å². The molecule has 0 amide bonds. The lowest BCUT2D eigenvalue weighted by Crippen LogP contribution is -2.44. The van der Waals surface area contributed by atoms with Gasteiger partial charge in [-0.3, -0.25) is 4.90 Å². The number of rotatable bonds is 7. The summed E-state index contributed by atoms with van der Waals surface area (Å²) in [5, 5.41) is 10.2. The Morgan fingerprint density at radius 1 is 1.30 bits per heavy atom. The van der Waals surface area contributed by atoms with Crippen molar-refractivity contribution < 1.29 is 9.84 Å². The molecule has 2 aliphatic heterocycles. The van der Waals surface area contributed by atoms with Crippen molar-refractivity contribution in [1.82, 2.24) is 9.80 Å². The van der Waals surface area contributed by atoms with Crippen LogP contribution in [0.5, 0.6) is 0 Å². The molecular weight excluding hydrogens is 254 g/mol. The number of nitrogens with zero attached hydrogens (tertiary/aromatic N) is 2. The van der Waals surface area contributed by atoms with Crippen LogP contribution in [-0.2, 0) is 4.74 Å². The zero-order valence-corrected chi connectivity index (χ0v) is 12.9. The molecule has 2 rings (SSSR count). The highest BCUT2D eigenvalue weighted by Crippen LogP contribution is 2.20. The average Bonchev–Trinajstić information content (AvgIpc) is 2.97. The van der Waals surface area contributed by atoms with E-state index in [0.29, 0.717) is 12.6 Å². The molecule has 3 N–H and O–H groups in total. The van der Waals surface area contributed by atoms with Gasteiger partial charge in [0, 0.05) is 32.2 Å². The van der Waals surface area contributed by atoms with Gasteiger partial charge in [0.15, 0.2) is 0 Å². The second-order valence-electron chi connectivity index (χ2n) is 6.28. The summed E-state index contributed by atoms with van der Waals surface area (Å²) in [5.74, 6) is 0. The van der Waals surface area contributed by atoms with Crippen LogP contribution in [0.4, 0.5) is 0 Å². The molecule has 0 aromatic heterocycles. The van der Waals surface area contributed by atoms with Gasteiger partial charge in [-0.1, -0.05) is 6.92 Å². The quantitative estimate of drug-likeness (QED) is 0.703. The minimum atomic E-state index is -0.649. The van der Waals surface area contributed by atoms with E-state index >= 15 is 0 Å². The molecule has 2 saturated heterocycles. The van der Waals surface area contributed by atoms with Gasteiger partial charge in [0.1, 0.15) is 0 Å². The van der Waals surface area contributed by atoms with E-state index < -0.39 is 5.60 Å². The van der Waals surface area contributed by atoms with Crippen LogP contribution < -0.4 is 5.73 Å². The number of ether oxygens (including phenoxy) is 1. The summed E-state index contributed by atoms with van der Waals surface area (Å²) in [6.07, 6.45) is 3.88. The van der Waals surface area contributed by atoms with Gasteiger partial charge in [-0.05, 0) is 38.8 Å². The third kappa shape index (κ3) is 4.40. The average molecular weight is 285 g/mol. The Kier molecular flexibility index (Phi) is 6.23. The second kappa shape index (κ2) is 7.71. The van der Waals surface area contributed by atoms with Crippen molar-refractivity contribution in [2.75, 3.05) is 52.5 Å². The van der Waals surface area contributed by atoms with Crippen molar-refractivity contribution in [2.24, 2.45) is 5.73 Å². The first-order chi connectivity index (χ1) is 9.67. The summed E-state index contributed by atoms with van der Waals surface area (Å²) < 4.78 is 5.42. The van der Waals surface area contributed by atoms with Gasteiger partial charge in [0.05, 0.1) is 18.8 Å². The SMILES string of the molecule is CCC(O)(CN)CCCN1CCC(N2CCOCC2)C1. The summed E-state index contributed by atoms with van der Waals surface area (Å²) >= 11 is 0. The summed E-state index contributed by atoms with van der Waals surface area (Å²) in [7, 11) is 0. The lowest BCUT2D eigenvalue weighted by Gasteiger charge is -2.32. The van der Waals surface area contributed by atoms with E-state index in [1.165, 1.54) is 19.5 Å². The molecule has 2 atom stereocenters. The van der Waals surface area contributed by atoms with Crippen LogP contribution in [0, 0.1) is 0 Å². The molecular formula is C15H31N3O2. The van der Waals surface area contributed by atoms with Crippen molar-refractivity contribution in [1.29, 1.82) is 0 Å². The summed E-state index contributed by atoms with van der Waals surface area (Å²) in [5.41, 5.74) is 5.00. The van der Waals surface area contributed by atoms with Crippen LogP contribution in [0.15, 0.2) is 0 Å². The Morgan fingerprint density at radius 2 is 2.05 bits per heavy atom. The van der Waals surface area contributed by atoms with Gasteiger partial charge < -0.3 is 20.5 Å². The Balaban J connectivity index is 1.65. The van der Waals surface area contributed by atoms with E-state index in [1.807, 2.05) is 6.92 Å². The first-order valence-electron chi connectivity index (χ1n) is 8.13.